The lowest BCUT2D eigenvalue weighted by Gasteiger charge is -2.37. The minimum atomic E-state index is -0.368. The van der Waals surface area contributed by atoms with E-state index in [2.05, 4.69) is 14.7 Å². The van der Waals surface area contributed by atoms with Crippen LogP contribution in [-0.2, 0) is 0 Å². The molecule has 2 heterocycles. The van der Waals surface area contributed by atoms with Gasteiger partial charge in [-0.05, 0) is 12.1 Å². The van der Waals surface area contributed by atoms with Gasteiger partial charge in [-0.25, -0.2) is 0 Å². The van der Waals surface area contributed by atoms with Gasteiger partial charge in [-0.1, -0.05) is 35.6 Å². The molecule has 0 aliphatic carbocycles. The van der Waals surface area contributed by atoms with Gasteiger partial charge in [-0.2, -0.15) is 0 Å². The van der Waals surface area contributed by atoms with Crippen LogP contribution < -0.4 is 4.90 Å². The van der Waals surface area contributed by atoms with Gasteiger partial charge in [0.2, 0.25) is 0 Å². The summed E-state index contributed by atoms with van der Waals surface area (Å²) < 4.78 is 0.973. The van der Waals surface area contributed by atoms with Crippen LogP contribution in [0.4, 0.5) is 11.4 Å². The number of hydrogen-bond donors (Lipinski definition) is 0. The van der Waals surface area contributed by atoms with Crippen molar-refractivity contribution in [1.82, 2.24) is 9.80 Å². The number of nitrogens with zero attached hydrogens (tertiary/aromatic N) is 4. The molecule has 0 unspecified atom stereocenters. The lowest BCUT2D eigenvalue weighted by molar-refractivity contribution is -0.384. The van der Waals surface area contributed by atoms with Gasteiger partial charge in [0.1, 0.15) is 10.0 Å². The van der Waals surface area contributed by atoms with E-state index in [0.29, 0.717) is 10.7 Å². The number of nitro groups is 1. The fraction of sp³-hybridized carbons (Fsp3) is 0.500. The molecule has 1 aromatic carbocycles. The molecule has 0 saturated carbocycles. The van der Waals surface area contributed by atoms with Crippen LogP contribution in [-0.4, -0.2) is 64.2 Å². The molecule has 0 bridgehead atoms. The van der Waals surface area contributed by atoms with Gasteiger partial charge in [0.15, 0.2) is 0 Å². The van der Waals surface area contributed by atoms with Gasteiger partial charge < -0.3 is 9.80 Å². The summed E-state index contributed by atoms with van der Waals surface area (Å²) in [4.78, 5) is 17.5. The van der Waals surface area contributed by atoms with Crippen molar-refractivity contribution in [3.05, 3.63) is 33.3 Å². The molecule has 23 heavy (non-hydrogen) atoms. The first kappa shape index (κ1) is 16.8. The third-order valence-corrected chi connectivity index (χ3v) is 5.80. The van der Waals surface area contributed by atoms with Crippen LogP contribution in [0, 0.1) is 10.1 Å². The topological polar surface area (TPSA) is 52.9 Å². The van der Waals surface area contributed by atoms with E-state index in [0.717, 1.165) is 49.5 Å². The SMILES string of the molecule is O=[N+]([O-])c1cc(Cl)ccc1N1CCN(CN2CCSC2=S)CC1. The number of piperazine rings is 1. The average Bonchev–Trinajstić information content (AvgIpc) is 2.93. The first-order valence-electron chi connectivity index (χ1n) is 7.37. The molecule has 0 radical (unpaired) electrons. The van der Waals surface area contributed by atoms with Gasteiger partial charge >= 0.3 is 0 Å². The summed E-state index contributed by atoms with van der Waals surface area (Å²) >= 11 is 12.9. The molecule has 6 nitrogen and oxygen atoms in total. The predicted octanol–water partition coefficient (Wildman–Crippen LogP) is 2.66. The number of benzene rings is 1. The van der Waals surface area contributed by atoms with Crippen molar-refractivity contribution in [2.24, 2.45) is 0 Å². The van der Waals surface area contributed by atoms with E-state index < -0.39 is 0 Å². The number of thiocarbonyl (C=S) groups is 1. The van der Waals surface area contributed by atoms with Crippen molar-refractivity contribution in [1.29, 1.82) is 0 Å². The second kappa shape index (κ2) is 7.21. The van der Waals surface area contributed by atoms with Crippen LogP contribution in [0.2, 0.25) is 5.02 Å². The lowest BCUT2D eigenvalue weighted by Crippen LogP contribution is -2.50. The summed E-state index contributed by atoms with van der Waals surface area (Å²) in [5.41, 5.74) is 0.717. The second-order valence-corrected chi connectivity index (χ2v) is 7.68. The highest BCUT2D eigenvalue weighted by molar-refractivity contribution is 8.23. The summed E-state index contributed by atoms with van der Waals surface area (Å²) in [6, 6.07) is 4.86. The standard InChI is InChI=1S/C14H17ClN4O2S2/c15-11-1-2-12(13(9-11)19(20)21)17-5-3-16(4-6-17)10-18-7-8-23-14(18)22/h1-2,9H,3-8,10H2. The Bertz CT molecular complexity index is 623. The quantitative estimate of drug-likeness (QED) is 0.457. The average molecular weight is 373 g/mol. The third-order valence-electron chi connectivity index (χ3n) is 4.06. The monoisotopic (exact) mass is 372 g/mol. The van der Waals surface area contributed by atoms with Crippen LogP contribution in [0.1, 0.15) is 0 Å². The number of rotatable bonds is 4. The maximum Gasteiger partial charge on any atom is 0.294 e. The van der Waals surface area contributed by atoms with Gasteiger partial charge in [0.25, 0.3) is 5.69 Å². The number of thioether (sulfide) groups is 1. The smallest absolute Gasteiger partial charge is 0.294 e. The number of hydrogen-bond acceptors (Lipinski definition) is 6. The van der Waals surface area contributed by atoms with E-state index in [4.69, 9.17) is 23.8 Å². The molecule has 0 amide bonds. The van der Waals surface area contributed by atoms with Crippen molar-refractivity contribution in [2.45, 2.75) is 0 Å². The zero-order valence-electron chi connectivity index (χ0n) is 12.5. The summed E-state index contributed by atoms with van der Waals surface area (Å²) in [6.07, 6.45) is 0. The summed E-state index contributed by atoms with van der Waals surface area (Å²) in [7, 11) is 0. The summed E-state index contributed by atoms with van der Waals surface area (Å²) in [6.45, 7) is 5.11. The maximum absolute atomic E-state index is 11.2. The Kier molecular flexibility index (Phi) is 5.25. The van der Waals surface area contributed by atoms with Crippen LogP contribution in [0.3, 0.4) is 0 Å². The maximum atomic E-state index is 11.2. The molecule has 1 aromatic rings. The van der Waals surface area contributed by atoms with Gasteiger partial charge in [0.05, 0.1) is 11.6 Å². The second-order valence-electron chi connectivity index (χ2n) is 5.51. The van der Waals surface area contributed by atoms with E-state index in [1.54, 1.807) is 23.9 Å². The van der Waals surface area contributed by atoms with E-state index in [-0.39, 0.29) is 10.6 Å². The fourth-order valence-electron chi connectivity index (χ4n) is 2.84. The van der Waals surface area contributed by atoms with Crippen molar-refractivity contribution in [2.75, 3.05) is 50.0 Å². The minimum absolute atomic E-state index is 0.0723. The van der Waals surface area contributed by atoms with Crippen molar-refractivity contribution < 1.29 is 4.92 Å². The van der Waals surface area contributed by atoms with Crippen LogP contribution in [0.5, 0.6) is 0 Å². The molecule has 0 N–H and O–H groups in total. The zero-order chi connectivity index (χ0) is 16.4. The first-order chi connectivity index (χ1) is 11.0. The molecular formula is C14H17ClN4O2S2. The lowest BCUT2D eigenvalue weighted by atomic mass is 10.2. The normalized spacial score (nSPS) is 19.4. The van der Waals surface area contributed by atoms with Gasteiger partial charge in [0, 0.05) is 49.6 Å². The van der Waals surface area contributed by atoms with Crippen molar-refractivity contribution >= 4 is 51.3 Å². The molecule has 2 fully saturated rings. The highest BCUT2D eigenvalue weighted by Crippen LogP contribution is 2.31. The molecular weight excluding hydrogens is 356 g/mol. The highest BCUT2D eigenvalue weighted by atomic mass is 35.5. The molecule has 0 aromatic heterocycles. The summed E-state index contributed by atoms with van der Waals surface area (Å²) in [5, 5.41) is 11.6. The molecule has 124 valence electrons. The van der Waals surface area contributed by atoms with E-state index in [1.165, 1.54) is 6.07 Å². The molecule has 0 atom stereocenters. The highest BCUT2D eigenvalue weighted by Gasteiger charge is 2.26. The Balaban J connectivity index is 1.63. The van der Waals surface area contributed by atoms with Gasteiger partial charge in [-0.3, -0.25) is 15.0 Å². The predicted molar refractivity (Wildman–Crippen MR) is 98.5 cm³/mol. The van der Waals surface area contributed by atoms with E-state index in [9.17, 15) is 10.1 Å². The van der Waals surface area contributed by atoms with E-state index >= 15 is 0 Å². The summed E-state index contributed by atoms with van der Waals surface area (Å²) in [5.74, 6) is 1.07. The fourth-order valence-corrected chi connectivity index (χ4v) is 4.22. The number of anilines is 1. The number of nitro benzene ring substituents is 1. The van der Waals surface area contributed by atoms with Gasteiger partial charge in [-0.15, -0.1) is 0 Å². The van der Waals surface area contributed by atoms with E-state index in [1.807, 2.05) is 0 Å². The Hall–Kier alpha value is -1.09. The van der Waals surface area contributed by atoms with Crippen molar-refractivity contribution in [3.63, 3.8) is 0 Å². The minimum Gasteiger partial charge on any atom is -0.363 e. The Labute approximate surface area is 149 Å². The molecule has 2 aliphatic rings. The van der Waals surface area contributed by atoms with Crippen LogP contribution in [0.15, 0.2) is 18.2 Å². The Morgan fingerprint density at radius 1 is 1.26 bits per heavy atom. The molecule has 9 heteroatoms. The third kappa shape index (κ3) is 3.88. The first-order valence-corrected chi connectivity index (χ1v) is 9.15. The Morgan fingerprint density at radius 3 is 2.61 bits per heavy atom. The van der Waals surface area contributed by atoms with Crippen molar-refractivity contribution in [3.8, 4) is 0 Å². The molecule has 0 spiro atoms. The number of halogens is 1. The van der Waals surface area contributed by atoms with Crippen LogP contribution in [0.25, 0.3) is 0 Å². The Morgan fingerprint density at radius 2 is 2.00 bits per heavy atom. The molecule has 3 rings (SSSR count). The zero-order valence-corrected chi connectivity index (χ0v) is 14.9. The molecule has 2 saturated heterocycles. The largest absolute Gasteiger partial charge is 0.363 e. The molecule has 2 aliphatic heterocycles. The van der Waals surface area contributed by atoms with Crippen LogP contribution >= 0.6 is 35.6 Å².